The SMILES string of the molecule is CC(C)(CNC(=O)c1ccc(Br)s1)N1CCCCC1. The lowest BCUT2D eigenvalue weighted by molar-refractivity contribution is 0.0800. The Morgan fingerprint density at radius 1 is 1.37 bits per heavy atom. The van der Waals surface area contributed by atoms with Gasteiger partial charge in [0.1, 0.15) is 0 Å². The maximum Gasteiger partial charge on any atom is 0.261 e. The van der Waals surface area contributed by atoms with Crippen molar-refractivity contribution in [2.45, 2.75) is 38.6 Å². The summed E-state index contributed by atoms with van der Waals surface area (Å²) < 4.78 is 0.993. The molecule has 0 aromatic carbocycles. The maximum absolute atomic E-state index is 12.0. The summed E-state index contributed by atoms with van der Waals surface area (Å²) in [5.41, 5.74) is 0.0323. The van der Waals surface area contributed by atoms with Gasteiger partial charge in [0.25, 0.3) is 5.91 Å². The summed E-state index contributed by atoms with van der Waals surface area (Å²) in [6.07, 6.45) is 3.88. The Bertz CT molecular complexity index is 438. The van der Waals surface area contributed by atoms with E-state index in [-0.39, 0.29) is 11.4 Å². The molecule has 0 saturated carbocycles. The lowest BCUT2D eigenvalue weighted by Gasteiger charge is -2.41. The van der Waals surface area contributed by atoms with E-state index in [4.69, 9.17) is 0 Å². The molecular weight excluding hydrogens is 324 g/mol. The monoisotopic (exact) mass is 344 g/mol. The number of carbonyl (C=O) groups excluding carboxylic acids is 1. The average Bonchev–Trinajstić information content (AvgIpc) is 2.84. The number of likely N-dealkylation sites (tertiary alicyclic amines) is 1. The Morgan fingerprint density at radius 2 is 2.05 bits per heavy atom. The summed E-state index contributed by atoms with van der Waals surface area (Å²) in [5.74, 6) is 0.0285. The van der Waals surface area contributed by atoms with E-state index in [1.54, 1.807) is 0 Å². The summed E-state index contributed by atoms with van der Waals surface area (Å²) in [6, 6.07) is 3.77. The van der Waals surface area contributed by atoms with Crippen LogP contribution in [0.4, 0.5) is 0 Å². The van der Waals surface area contributed by atoms with Gasteiger partial charge in [0.2, 0.25) is 0 Å². The molecule has 2 rings (SSSR count). The van der Waals surface area contributed by atoms with E-state index in [9.17, 15) is 4.79 Å². The highest BCUT2D eigenvalue weighted by atomic mass is 79.9. The van der Waals surface area contributed by atoms with Gasteiger partial charge in [-0.25, -0.2) is 0 Å². The molecule has 1 amide bonds. The van der Waals surface area contributed by atoms with Crippen LogP contribution in [0, 0.1) is 0 Å². The number of nitrogens with one attached hydrogen (secondary N) is 1. The number of carbonyl (C=O) groups is 1. The molecule has 106 valence electrons. The second-order valence-electron chi connectivity index (χ2n) is 5.65. The highest BCUT2D eigenvalue weighted by Crippen LogP contribution is 2.23. The smallest absolute Gasteiger partial charge is 0.261 e. The van der Waals surface area contributed by atoms with Crippen molar-refractivity contribution in [3.63, 3.8) is 0 Å². The molecule has 1 aromatic heterocycles. The van der Waals surface area contributed by atoms with E-state index in [1.807, 2.05) is 12.1 Å². The van der Waals surface area contributed by atoms with Gasteiger partial charge in [0.05, 0.1) is 8.66 Å². The molecule has 1 aliphatic rings. The molecule has 1 N–H and O–H groups in total. The van der Waals surface area contributed by atoms with Crippen molar-refractivity contribution < 1.29 is 4.79 Å². The van der Waals surface area contributed by atoms with Gasteiger partial charge in [-0.2, -0.15) is 0 Å². The van der Waals surface area contributed by atoms with Crippen LogP contribution in [-0.2, 0) is 0 Å². The van der Waals surface area contributed by atoms with Gasteiger partial charge in [0, 0.05) is 12.1 Å². The molecule has 0 bridgehead atoms. The van der Waals surface area contributed by atoms with Gasteiger partial charge >= 0.3 is 0 Å². The number of amides is 1. The van der Waals surface area contributed by atoms with Crippen LogP contribution >= 0.6 is 27.3 Å². The van der Waals surface area contributed by atoms with Gasteiger partial charge in [-0.3, -0.25) is 9.69 Å². The molecule has 2 heterocycles. The van der Waals surface area contributed by atoms with Crippen molar-refractivity contribution in [3.8, 4) is 0 Å². The van der Waals surface area contributed by atoms with Crippen LogP contribution in [0.25, 0.3) is 0 Å². The minimum Gasteiger partial charge on any atom is -0.350 e. The van der Waals surface area contributed by atoms with E-state index < -0.39 is 0 Å². The molecule has 3 nitrogen and oxygen atoms in total. The largest absolute Gasteiger partial charge is 0.350 e. The number of halogens is 1. The number of piperidine rings is 1. The first-order chi connectivity index (χ1) is 8.99. The number of hydrogen-bond donors (Lipinski definition) is 1. The Balaban J connectivity index is 1.88. The molecule has 0 spiro atoms. The molecule has 1 aromatic rings. The molecule has 0 aliphatic carbocycles. The predicted octanol–water partition coefficient (Wildman–Crippen LogP) is 3.50. The maximum atomic E-state index is 12.0. The third-order valence-electron chi connectivity index (χ3n) is 3.69. The van der Waals surface area contributed by atoms with Crippen molar-refractivity contribution in [1.82, 2.24) is 10.2 Å². The fraction of sp³-hybridized carbons (Fsp3) is 0.643. The quantitative estimate of drug-likeness (QED) is 0.906. The van der Waals surface area contributed by atoms with E-state index in [2.05, 4.69) is 40.0 Å². The minimum atomic E-state index is 0.0285. The zero-order chi connectivity index (χ0) is 13.9. The molecule has 1 aliphatic heterocycles. The van der Waals surface area contributed by atoms with Gasteiger partial charge in [0.15, 0.2) is 0 Å². The van der Waals surface area contributed by atoms with Gasteiger partial charge in [-0.1, -0.05) is 6.42 Å². The van der Waals surface area contributed by atoms with Crippen molar-refractivity contribution in [2.24, 2.45) is 0 Å². The van der Waals surface area contributed by atoms with Gasteiger partial charge in [-0.15, -0.1) is 11.3 Å². The first-order valence-electron chi connectivity index (χ1n) is 6.78. The highest BCUT2D eigenvalue weighted by molar-refractivity contribution is 9.11. The van der Waals surface area contributed by atoms with Crippen LogP contribution in [0.2, 0.25) is 0 Å². The van der Waals surface area contributed by atoms with Crippen LogP contribution in [-0.4, -0.2) is 36.0 Å². The molecule has 0 unspecified atom stereocenters. The lowest BCUT2D eigenvalue weighted by Crippen LogP contribution is -2.53. The zero-order valence-electron chi connectivity index (χ0n) is 11.5. The van der Waals surface area contributed by atoms with E-state index in [0.717, 1.165) is 21.8 Å². The molecule has 0 radical (unpaired) electrons. The van der Waals surface area contributed by atoms with E-state index in [1.165, 1.54) is 30.6 Å². The first kappa shape index (κ1) is 15.0. The summed E-state index contributed by atoms with van der Waals surface area (Å²) in [5, 5.41) is 3.06. The topological polar surface area (TPSA) is 32.3 Å². The normalized spacial score (nSPS) is 17.4. The number of nitrogens with zero attached hydrogens (tertiary/aromatic N) is 1. The Labute approximate surface area is 127 Å². The van der Waals surface area contributed by atoms with Crippen LogP contribution < -0.4 is 5.32 Å². The third kappa shape index (κ3) is 4.04. The highest BCUT2D eigenvalue weighted by Gasteiger charge is 2.28. The number of rotatable bonds is 4. The Morgan fingerprint density at radius 3 is 2.63 bits per heavy atom. The predicted molar refractivity (Wildman–Crippen MR) is 83.9 cm³/mol. The van der Waals surface area contributed by atoms with Crippen molar-refractivity contribution >= 4 is 33.2 Å². The van der Waals surface area contributed by atoms with Gasteiger partial charge < -0.3 is 5.32 Å². The summed E-state index contributed by atoms with van der Waals surface area (Å²) in [6.45, 7) is 7.41. The first-order valence-corrected chi connectivity index (χ1v) is 8.38. The van der Waals surface area contributed by atoms with E-state index in [0.29, 0.717) is 6.54 Å². The number of hydrogen-bond acceptors (Lipinski definition) is 3. The second-order valence-corrected chi connectivity index (χ2v) is 8.11. The van der Waals surface area contributed by atoms with Crippen LogP contribution in [0.15, 0.2) is 15.9 Å². The second kappa shape index (κ2) is 6.37. The molecule has 0 atom stereocenters. The van der Waals surface area contributed by atoms with Gasteiger partial charge in [-0.05, 0) is 67.8 Å². The summed E-state index contributed by atoms with van der Waals surface area (Å²) in [7, 11) is 0. The van der Waals surface area contributed by atoms with Crippen LogP contribution in [0.5, 0.6) is 0 Å². The van der Waals surface area contributed by atoms with Crippen molar-refractivity contribution in [1.29, 1.82) is 0 Å². The molecule has 19 heavy (non-hydrogen) atoms. The minimum absolute atomic E-state index is 0.0285. The molecule has 5 heteroatoms. The standard InChI is InChI=1S/C14H21BrN2OS/c1-14(2,17-8-4-3-5-9-17)10-16-13(18)11-6-7-12(15)19-11/h6-7H,3-5,8-10H2,1-2H3,(H,16,18). The fourth-order valence-electron chi connectivity index (χ4n) is 2.43. The molecular formula is C14H21BrN2OS. The van der Waals surface area contributed by atoms with Crippen molar-refractivity contribution in [3.05, 3.63) is 20.8 Å². The van der Waals surface area contributed by atoms with Crippen molar-refractivity contribution in [2.75, 3.05) is 19.6 Å². The third-order valence-corrected chi connectivity index (χ3v) is 5.31. The average molecular weight is 345 g/mol. The summed E-state index contributed by atoms with van der Waals surface area (Å²) >= 11 is 4.86. The van der Waals surface area contributed by atoms with E-state index >= 15 is 0 Å². The Hall–Kier alpha value is -0.390. The Kier molecular flexibility index (Phi) is 5.03. The summed E-state index contributed by atoms with van der Waals surface area (Å²) in [4.78, 5) is 15.3. The zero-order valence-corrected chi connectivity index (χ0v) is 13.9. The van der Waals surface area contributed by atoms with Crippen LogP contribution in [0.1, 0.15) is 42.8 Å². The number of thiophene rings is 1. The van der Waals surface area contributed by atoms with Crippen LogP contribution in [0.3, 0.4) is 0 Å². The molecule has 1 fully saturated rings. The fourth-order valence-corrected chi connectivity index (χ4v) is 3.73. The molecule has 1 saturated heterocycles. The lowest BCUT2D eigenvalue weighted by atomic mass is 9.98.